The highest BCUT2D eigenvalue weighted by Gasteiger charge is 2.09. The van der Waals surface area contributed by atoms with Crippen LogP contribution in [0.3, 0.4) is 0 Å². The Kier molecular flexibility index (Phi) is 5.68. The van der Waals surface area contributed by atoms with Crippen LogP contribution in [0.15, 0.2) is 48.5 Å². The van der Waals surface area contributed by atoms with E-state index in [-0.39, 0.29) is 24.7 Å². The zero-order chi connectivity index (χ0) is 16.7. The molecule has 0 saturated carbocycles. The van der Waals surface area contributed by atoms with E-state index in [0.29, 0.717) is 17.0 Å². The van der Waals surface area contributed by atoms with Crippen molar-refractivity contribution in [3.05, 3.63) is 59.9 Å². The Morgan fingerprint density at radius 1 is 1.09 bits per heavy atom. The number of benzene rings is 2. The van der Waals surface area contributed by atoms with Crippen molar-refractivity contribution in [2.24, 2.45) is 0 Å². The summed E-state index contributed by atoms with van der Waals surface area (Å²) in [6.07, 6.45) is -0.578. The van der Waals surface area contributed by atoms with Gasteiger partial charge in [0.2, 0.25) is 5.91 Å². The Morgan fingerprint density at radius 2 is 1.83 bits per heavy atom. The van der Waals surface area contributed by atoms with Crippen molar-refractivity contribution < 1.29 is 18.7 Å². The maximum atomic E-state index is 13.4. The summed E-state index contributed by atoms with van der Waals surface area (Å²) in [4.78, 5) is 23.3. The van der Waals surface area contributed by atoms with Crippen molar-refractivity contribution in [1.82, 2.24) is 5.32 Å². The van der Waals surface area contributed by atoms with Gasteiger partial charge in [0.05, 0.1) is 0 Å². The fourth-order valence-corrected chi connectivity index (χ4v) is 1.87. The number of halogens is 1. The van der Waals surface area contributed by atoms with Crippen LogP contribution < -0.4 is 15.4 Å². The number of carbonyl (C=O) groups excluding carboxylic acids is 2. The first kappa shape index (κ1) is 16.5. The number of anilines is 1. The van der Waals surface area contributed by atoms with Crippen molar-refractivity contribution in [1.29, 1.82) is 0 Å². The van der Waals surface area contributed by atoms with E-state index in [1.807, 2.05) is 6.07 Å². The lowest BCUT2D eigenvalue weighted by Crippen LogP contribution is -2.30. The average molecular weight is 316 g/mol. The summed E-state index contributed by atoms with van der Waals surface area (Å²) in [5.74, 6) is -0.282. The van der Waals surface area contributed by atoms with Gasteiger partial charge in [-0.3, -0.25) is 4.79 Å². The molecule has 0 saturated heterocycles. The molecule has 2 amide bonds. The topological polar surface area (TPSA) is 67.4 Å². The largest absolute Gasteiger partial charge is 0.412 e. The van der Waals surface area contributed by atoms with Crippen molar-refractivity contribution in [3.63, 3.8) is 0 Å². The highest BCUT2D eigenvalue weighted by molar-refractivity contribution is 5.91. The quantitative estimate of drug-likeness (QED) is 0.890. The molecule has 2 aromatic carbocycles. The predicted octanol–water partition coefficient (Wildman–Crippen LogP) is 3.25. The van der Waals surface area contributed by atoms with Gasteiger partial charge >= 0.3 is 6.09 Å². The average Bonchev–Trinajstić information content (AvgIpc) is 2.53. The first-order chi connectivity index (χ1) is 11.1. The molecule has 2 aromatic rings. The van der Waals surface area contributed by atoms with Gasteiger partial charge < -0.3 is 15.4 Å². The van der Waals surface area contributed by atoms with Gasteiger partial charge in [0, 0.05) is 24.2 Å². The number of nitrogens with one attached hydrogen (secondary N) is 2. The molecule has 0 unspecified atom stereocenters. The van der Waals surface area contributed by atoms with Crippen LogP contribution in [0.5, 0.6) is 5.75 Å². The third-order valence-corrected chi connectivity index (χ3v) is 3.12. The summed E-state index contributed by atoms with van der Waals surface area (Å²) >= 11 is 0. The number of ether oxygens (including phenoxy) is 1. The second-order valence-electron chi connectivity index (χ2n) is 4.84. The van der Waals surface area contributed by atoms with Gasteiger partial charge in [-0.15, -0.1) is 0 Å². The van der Waals surface area contributed by atoms with E-state index in [0.717, 1.165) is 0 Å². The molecule has 0 aliphatic rings. The molecular formula is C17H17FN2O3. The Hall–Kier alpha value is -2.89. The number of rotatable bonds is 5. The lowest BCUT2D eigenvalue weighted by atomic mass is 10.2. The fraction of sp³-hybridized carbons (Fsp3) is 0.176. The monoisotopic (exact) mass is 316 g/mol. The molecule has 0 heterocycles. The first-order valence-electron chi connectivity index (χ1n) is 7.12. The van der Waals surface area contributed by atoms with Gasteiger partial charge in [0.25, 0.3) is 0 Å². The van der Waals surface area contributed by atoms with Crippen LogP contribution in [-0.4, -0.2) is 18.5 Å². The summed E-state index contributed by atoms with van der Waals surface area (Å²) in [5, 5.41) is 5.08. The molecule has 0 atom stereocenters. The molecule has 120 valence electrons. The van der Waals surface area contributed by atoms with Gasteiger partial charge in [0.15, 0.2) is 0 Å². The highest BCUT2D eigenvalue weighted by atomic mass is 19.1. The van der Waals surface area contributed by atoms with Gasteiger partial charge in [-0.25, -0.2) is 9.18 Å². The molecule has 5 nitrogen and oxygen atoms in total. The Balaban J connectivity index is 1.74. The number of hydrogen-bond acceptors (Lipinski definition) is 3. The molecule has 0 bridgehead atoms. The lowest BCUT2D eigenvalue weighted by Gasteiger charge is -2.09. The number of carbonyl (C=O) groups is 2. The summed E-state index contributed by atoms with van der Waals surface area (Å²) in [5.41, 5.74) is 0.791. The van der Waals surface area contributed by atoms with Crippen LogP contribution in [-0.2, 0) is 4.79 Å². The van der Waals surface area contributed by atoms with Crippen LogP contribution in [0, 0.1) is 12.7 Å². The van der Waals surface area contributed by atoms with Crippen LogP contribution >= 0.6 is 0 Å². The molecule has 0 spiro atoms. The van der Waals surface area contributed by atoms with E-state index < -0.39 is 6.09 Å². The van der Waals surface area contributed by atoms with E-state index in [9.17, 15) is 14.0 Å². The van der Waals surface area contributed by atoms with Gasteiger partial charge in [0.1, 0.15) is 11.6 Å². The zero-order valence-corrected chi connectivity index (χ0v) is 12.6. The molecule has 2 rings (SSSR count). The van der Waals surface area contributed by atoms with Gasteiger partial charge in [-0.05, 0) is 31.2 Å². The minimum atomic E-state index is -0.633. The second-order valence-corrected chi connectivity index (χ2v) is 4.84. The maximum absolute atomic E-state index is 13.4. The standard InChI is InChI=1S/C17H17FN2O3/c1-12-14(18)8-5-9-15(12)20-16(21)10-11-19-17(22)23-13-6-3-2-4-7-13/h2-9H,10-11H2,1H3,(H,19,22)(H,20,21). The minimum absolute atomic E-state index is 0.0554. The fourth-order valence-electron chi connectivity index (χ4n) is 1.87. The summed E-state index contributed by atoms with van der Waals surface area (Å²) in [6, 6.07) is 13.1. The number of para-hydroxylation sites is 1. The van der Waals surface area contributed by atoms with Gasteiger partial charge in [-0.2, -0.15) is 0 Å². The lowest BCUT2D eigenvalue weighted by molar-refractivity contribution is -0.116. The molecule has 0 fully saturated rings. The van der Waals surface area contributed by atoms with Crippen LogP contribution in [0.1, 0.15) is 12.0 Å². The van der Waals surface area contributed by atoms with Gasteiger partial charge in [-0.1, -0.05) is 24.3 Å². The van der Waals surface area contributed by atoms with Crippen molar-refractivity contribution in [2.75, 3.05) is 11.9 Å². The Labute approximate surface area is 133 Å². The molecule has 6 heteroatoms. The molecule has 0 aliphatic heterocycles. The van der Waals surface area contributed by atoms with Crippen molar-refractivity contribution in [3.8, 4) is 5.75 Å². The van der Waals surface area contributed by atoms with Crippen LogP contribution in [0.2, 0.25) is 0 Å². The van der Waals surface area contributed by atoms with Crippen molar-refractivity contribution >= 4 is 17.7 Å². The van der Waals surface area contributed by atoms with E-state index in [4.69, 9.17) is 4.74 Å². The third kappa shape index (κ3) is 5.10. The zero-order valence-electron chi connectivity index (χ0n) is 12.6. The van der Waals surface area contributed by atoms with E-state index in [1.165, 1.54) is 12.1 Å². The summed E-state index contributed by atoms with van der Waals surface area (Å²) in [6.45, 7) is 1.70. The van der Waals surface area contributed by atoms with Crippen molar-refractivity contribution in [2.45, 2.75) is 13.3 Å². The molecule has 0 aromatic heterocycles. The minimum Gasteiger partial charge on any atom is -0.410 e. The smallest absolute Gasteiger partial charge is 0.410 e. The molecule has 0 radical (unpaired) electrons. The Bertz CT molecular complexity index is 689. The normalized spacial score (nSPS) is 10.0. The van der Waals surface area contributed by atoms with Crippen LogP contribution in [0.4, 0.5) is 14.9 Å². The van der Waals surface area contributed by atoms with E-state index in [1.54, 1.807) is 37.3 Å². The Morgan fingerprint density at radius 3 is 2.57 bits per heavy atom. The number of amides is 2. The third-order valence-electron chi connectivity index (χ3n) is 3.12. The van der Waals surface area contributed by atoms with Crippen LogP contribution in [0.25, 0.3) is 0 Å². The molecule has 23 heavy (non-hydrogen) atoms. The van der Waals surface area contributed by atoms with E-state index in [2.05, 4.69) is 10.6 Å². The number of hydrogen-bond donors (Lipinski definition) is 2. The predicted molar refractivity (Wildman–Crippen MR) is 84.9 cm³/mol. The summed E-state index contributed by atoms with van der Waals surface area (Å²) < 4.78 is 18.4. The highest BCUT2D eigenvalue weighted by Crippen LogP contribution is 2.17. The first-order valence-corrected chi connectivity index (χ1v) is 7.12. The molecule has 0 aliphatic carbocycles. The van der Waals surface area contributed by atoms with E-state index >= 15 is 0 Å². The molecular weight excluding hydrogens is 299 g/mol. The summed E-state index contributed by atoms with van der Waals surface area (Å²) in [7, 11) is 0. The maximum Gasteiger partial charge on any atom is 0.412 e. The second kappa shape index (κ2) is 7.93. The molecule has 2 N–H and O–H groups in total. The SMILES string of the molecule is Cc1c(F)cccc1NC(=O)CCNC(=O)Oc1ccccc1.